The summed E-state index contributed by atoms with van der Waals surface area (Å²) in [7, 11) is 2.12. The van der Waals surface area contributed by atoms with Crippen LogP contribution in [0.25, 0.3) is 0 Å². The standard InChI is InChI=1S/C14H20ClN3O2/c1-14(6-8-17(2)9-7-14)10-16-13-11(15)4-3-5-12(13)18(19)20/h3-5,16H,6-10H2,1-2H3. The van der Waals surface area contributed by atoms with E-state index < -0.39 is 4.92 Å². The molecular weight excluding hydrogens is 278 g/mol. The van der Waals surface area contributed by atoms with Crippen molar-refractivity contribution in [3.8, 4) is 0 Å². The minimum atomic E-state index is -0.398. The number of likely N-dealkylation sites (tertiary alicyclic amines) is 1. The summed E-state index contributed by atoms with van der Waals surface area (Å²) in [6.07, 6.45) is 2.16. The maximum Gasteiger partial charge on any atom is 0.293 e. The predicted molar refractivity (Wildman–Crippen MR) is 81.4 cm³/mol. The summed E-state index contributed by atoms with van der Waals surface area (Å²) in [4.78, 5) is 13.0. The number of nitro benzene ring substituents is 1. The van der Waals surface area contributed by atoms with E-state index in [0.29, 0.717) is 17.3 Å². The highest BCUT2D eigenvalue weighted by Crippen LogP contribution is 2.35. The van der Waals surface area contributed by atoms with Crippen LogP contribution in [0, 0.1) is 15.5 Å². The Balaban J connectivity index is 2.09. The second-order valence-corrected chi connectivity index (χ2v) is 6.27. The van der Waals surface area contributed by atoms with Crippen molar-refractivity contribution >= 4 is 23.0 Å². The average molecular weight is 298 g/mol. The van der Waals surface area contributed by atoms with Crippen LogP contribution in [0.1, 0.15) is 19.8 Å². The first-order chi connectivity index (χ1) is 9.41. The summed E-state index contributed by atoms with van der Waals surface area (Å²) >= 11 is 6.08. The van der Waals surface area contributed by atoms with E-state index in [4.69, 9.17) is 11.6 Å². The zero-order valence-corrected chi connectivity index (χ0v) is 12.6. The van der Waals surface area contributed by atoms with E-state index in [9.17, 15) is 10.1 Å². The summed E-state index contributed by atoms with van der Waals surface area (Å²) in [6, 6.07) is 4.75. The van der Waals surface area contributed by atoms with Crippen LogP contribution >= 0.6 is 11.6 Å². The van der Waals surface area contributed by atoms with Crippen LogP contribution in [0.5, 0.6) is 0 Å². The fourth-order valence-electron chi connectivity index (χ4n) is 2.48. The Labute approximate surface area is 124 Å². The van der Waals surface area contributed by atoms with E-state index >= 15 is 0 Å². The average Bonchev–Trinajstić information content (AvgIpc) is 2.41. The quantitative estimate of drug-likeness (QED) is 0.683. The maximum absolute atomic E-state index is 11.0. The number of nitro groups is 1. The molecule has 1 N–H and O–H groups in total. The largest absolute Gasteiger partial charge is 0.378 e. The van der Waals surface area contributed by atoms with Gasteiger partial charge in [-0.05, 0) is 44.5 Å². The van der Waals surface area contributed by atoms with Crippen LogP contribution in [0.2, 0.25) is 5.02 Å². The number of halogens is 1. The SMILES string of the molecule is CN1CCC(C)(CNc2c(Cl)cccc2[N+](=O)[O-])CC1. The Kier molecular flexibility index (Phi) is 4.50. The molecule has 1 saturated heterocycles. The molecule has 2 rings (SSSR count). The lowest BCUT2D eigenvalue weighted by atomic mass is 9.80. The van der Waals surface area contributed by atoms with E-state index in [1.165, 1.54) is 6.07 Å². The Morgan fingerprint density at radius 3 is 2.70 bits per heavy atom. The molecule has 1 aromatic rings. The Morgan fingerprint density at radius 2 is 2.10 bits per heavy atom. The van der Waals surface area contributed by atoms with Crippen molar-refractivity contribution in [2.24, 2.45) is 5.41 Å². The fourth-order valence-corrected chi connectivity index (χ4v) is 2.71. The van der Waals surface area contributed by atoms with Gasteiger partial charge >= 0.3 is 0 Å². The van der Waals surface area contributed by atoms with Gasteiger partial charge in [-0.25, -0.2) is 0 Å². The Bertz CT molecular complexity index is 499. The number of benzene rings is 1. The minimum Gasteiger partial charge on any atom is -0.378 e. The Hall–Kier alpha value is -1.33. The molecule has 0 saturated carbocycles. The molecule has 0 radical (unpaired) electrons. The van der Waals surface area contributed by atoms with Crippen LogP contribution in [0.3, 0.4) is 0 Å². The number of nitrogens with one attached hydrogen (secondary N) is 1. The number of para-hydroxylation sites is 1. The zero-order valence-electron chi connectivity index (χ0n) is 11.9. The first kappa shape index (κ1) is 15.1. The third kappa shape index (κ3) is 3.41. The van der Waals surface area contributed by atoms with Crippen LogP contribution < -0.4 is 5.32 Å². The monoisotopic (exact) mass is 297 g/mol. The second-order valence-electron chi connectivity index (χ2n) is 5.86. The van der Waals surface area contributed by atoms with Crippen molar-refractivity contribution in [3.05, 3.63) is 33.3 Å². The highest BCUT2D eigenvalue weighted by molar-refractivity contribution is 6.33. The van der Waals surface area contributed by atoms with Crippen molar-refractivity contribution in [1.29, 1.82) is 0 Å². The van der Waals surface area contributed by atoms with Crippen molar-refractivity contribution in [3.63, 3.8) is 0 Å². The maximum atomic E-state index is 11.0. The van der Waals surface area contributed by atoms with Gasteiger partial charge < -0.3 is 10.2 Å². The van der Waals surface area contributed by atoms with Crippen LogP contribution in [-0.4, -0.2) is 36.5 Å². The van der Waals surface area contributed by atoms with Gasteiger partial charge in [-0.15, -0.1) is 0 Å². The molecule has 0 aliphatic carbocycles. The van der Waals surface area contributed by atoms with E-state index in [1.54, 1.807) is 12.1 Å². The van der Waals surface area contributed by atoms with Gasteiger partial charge in [0.25, 0.3) is 5.69 Å². The van der Waals surface area contributed by atoms with Crippen molar-refractivity contribution in [2.45, 2.75) is 19.8 Å². The molecule has 1 aromatic carbocycles. The van der Waals surface area contributed by atoms with E-state index in [0.717, 1.165) is 25.9 Å². The second kappa shape index (κ2) is 5.97. The molecule has 0 bridgehead atoms. The highest BCUT2D eigenvalue weighted by atomic mass is 35.5. The summed E-state index contributed by atoms with van der Waals surface area (Å²) in [5, 5.41) is 14.6. The van der Waals surface area contributed by atoms with Crippen molar-refractivity contribution in [2.75, 3.05) is 32.0 Å². The molecule has 1 aliphatic heterocycles. The number of rotatable bonds is 4. The van der Waals surface area contributed by atoms with E-state index in [2.05, 4.69) is 24.2 Å². The first-order valence-corrected chi connectivity index (χ1v) is 7.14. The van der Waals surface area contributed by atoms with Gasteiger partial charge in [-0.2, -0.15) is 0 Å². The van der Waals surface area contributed by atoms with Crippen molar-refractivity contribution in [1.82, 2.24) is 4.90 Å². The number of anilines is 1. The molecule has 1 aliphatic rings. The van der Waals surface area contributed by atoms with Gasteiger partial charge in [0.1, 0.15) is 5.69 Å². The Morgan fingerprint density at radius 1 is 1.45 bits per heavy atom. The lowest BCUT2D eigenvalue weighted by molar-refractivity contribution is -0.384. The molecule has 20 heavy (non-hydrogen) atoms. The van der Waals surface area contributed by atoms with Gasteiger partial charge in [-0.1, -0.05) is 24.6 Å². The fraction of sp³-hybridized carbons (Fsp3) is 0.571. The molecule has 1 heterocycles. The number of hydrogen-bond acceptors (Lipinski definition) is 4. The predicted octanol–water partition coefficient (Wildman–Crippen LogP) is 3.39. The van der Waals surface area contributed by atoms with Gasteiger partial charge in [0.2, 0.25) is 0 Å². The lowest BCUT2D eigenvalue weighted by Gasteiger charge is -2.38. The van der Waals surface area contributed by atoms with E-state index in [-0.39, 0.29) is 11.1 Å². The normalized spacial score (nSPS) is 18.8. The van der Waals surface area contributed by atoms with Gasteiger partial charge in [0, 0.05) is 12.6 Å². The third-order valence-corrected chi connectivity index (χ3v) is 4.39. The summed E-state index contributed by atoms with van der Waals surface area (Å²) < 4.78 is 0. The molecular formula is C14H20ClN3O2. The molecule has 0 spiro atoms. The van der Waals surface area contributed by atoms with Crippen LogP contribution in [0.4, 0.5) is 11.4 Å². The first-order valence-electron chi connectivity index (χ1n) is 6.77. The highest BCUT2D eigenvalue weighted by Gasteiger charge is 2.29. The third-order valence-electron chi connectivity index (χ3n) is 4.07. The molecule has 1 fully saturated rings. The summed E-state index contributed by atoms with van der Waals surface area (Å²) in [6.45, 7) is 5.03. The number of piperidine rings is 1. The number of nitrogens with zero attached hydrogens (tertiary/aromatic N) is 2. The van der Waals surface area contributed by atoms with E-state index in [1.807, 2.05) is 0 Å². The topological polar surface area (TPSA) is 58.4 Å². The summed E-state index contributed by atoms with van der Waals surface area (Å²) in [5.74, 6) is 0. The molecule has 0 aromatic heterocycles. The van der Waals surface area contributed by atoms with Crippen LogP contribution in [-0.2, 0) is 0 Å². The minimum absolute atomic E-state index is 0.0361. The molecule has 5 nitrogen and oxygen atoms in total. The molecule has 0 amide bonds. The van der Waals surface area contributed by atoms with Crippen molar-refractivity contribution < 1.29 is 4.92 Å². The lowest BCUT2D eigenvalue weighted by Crippen LogP contribution is -2.40. The smallest absolute Gasteiger partial charge is 0.293 e. The number of hydrogen-bond donors (Lipinski definition) is 1. The molecule has 110 valence electrons. The van der Waals surface area contributed by atoms with Gasteiger partial charge in [-0.3, -0.25) is 10.1 Å². The zero-order chi connectivity index (χ0) is 14.8. The molecule has 6 heteroatoms. The van der Waals surface area contributed by atoms with Crippen LogP contribution in [0.15, 0.2) is 18.2 Å². The molecule has 0 atom stereocenters. The summed E-state index contributed by atoms with van der Waals surface area (Å²) in [5.41, 5.74) is 0.618. The molecule has 0 unspecified atom stereocenters. The van der Waals surface area contributed by atoms with Gasteiger partial charge in [0.15, 0.2) is 0 Å². The van der Waals surface area contributed by atoms with Gasteiger partial charge in [0.05, 0.1) is 9.95 Å².